The average molecular weight is 324 g/mol. The molecule has 2 rings (SSSR count). The van der Waals surface area contributed by atoms with E-state index in [4.69, 9.17) is 14.0 Å². The predicted molar refractivity (Wildman–Crippen MR) is 89.7 cm³/mol. The lowest BCUT2D eigenvalue weighted by Crippen LogP contribution is -2.47. The van der Waals surface area contributed by atoms with Crippen LogP contribution < -0.4 is 5.43 Å². The molecule has 0 atom stereocenters. The van der Waals surface area contributed by atoms with Crippen LogP contribution in [0.15, 0.2) is 11.5 Å². The molecule has 1 fully saturated rings. The van der Waals surface area contributed by atoms with E-state index < -0.39 is 11.7 Å². The molecule has 0 aliphatic carbocycles. The van der Waals surface area contributed by atoms with Gasteiger partial charge < -0.3 is 14.0 Å². The van der Waals surface area contributed by atoms with Crippen molar-refractivity contribution in [3.63, 3.8) is 0 Å². The standard InChI is InChI=1S/C16H29BN2O4/c1-14(2,3)21-13(20)18-19-10-8-12(9-11-19)17-22-15(4,5)16(6,7)23-17/h8H,9-11H2,1-7H3,(H,18,20). The smallest absolute Gasteiger partial charge is 0.443 e. The summed E-state index contributed by atoms with van der Waals surface area (Å²) in [5.74, 6) is 0. The molecule has 0 aromatic carbocycles. The van der Waals surface area contributed by atoms with Crippen LogP contribution in [0.4, 0.5) is 4.79 Å². The minimum Gasteiger partial charge on any atom is -0.443 e. The Balaban J connectivity index is 1.89. The fourth-order valence-corrected chi connectivity index (χ4v) is 2.42. The molecule has 0 radical (unpaired) electrons. The molecular formula is C16H29BN2O4. The summed E-state index contributed by atoms with van der Waals surface area (Å²) >= 11 is 0. The second-order valence-corrected chi connectivity index (χ2v) is 8.18. The fourth-order valence-electron chi connectivity index (χ4n) is 2.42. The molecule has 0 aromatic heterocycles. The second kappa shape index (κ2) is 6.11. The van der Waals surface area contributed by atoms with Gasteiger partial charge in [0.2, 0.25) is 0 Å². The van der Waals surface area contributed by atoms with Gasteiger partial charge in [0.15, 0.2) is 0 Å². The van der Waals surface area contributed by atoms with Gasteiger partial charge in [0, 0.05) is 13.1 Å². The largest absolute Gasteiger partial charge is 0.490 e. The highest BCUT2D eigenvalue weighted by molar-refractivity contribution is 6.54. The number of hydrazine groups is 1. The first-order chi connectivity index (χ1) is 10.4. The summed E-state index contributed by atoms with van der Waals surface area (Å²) in [5, 5.41) is 1.84. The number of rotatable bonds is 2. The van der Waals surface area contributed by atoms with E-state index in [1.54, 1.807) is 0 Å². The average Bonchev–Trinajstić information content (AvgIpc) is 2.56. The molecule has 2 aliphatic rings. The van der Waals surface area contributed by atoms with Gasteiger partial charge in [-0.3, -0.25) is 5.43 Å². The van der Waals surface area contributed by atoms with Gasteiger partial charge in [0.1, 0.15) is 5.60 Å². The number of amides is 1. The summed E-state index contributed by atoms with van der Waals surface area (Å²) in [5.41, 5.74) is 2.74. The van der Waals surface area contributed by atoms with Crippen molar-refractivity contribution in [3.8, 4) is 0 Å². The summed E-state index contributed by atoms with van der Waals surface area (Å²) in [7, 11) is -0.302. The number of nitrogens with one attached hydrogen (secondary N) is 1. The van der Waals surface area contributed by atoms with E-state index in [9.17, 15) is 4.79 Å². The molecule has 0 bridgehead atoms. The number of carbonyl (C=O) groups excluding carboxylic acids is 1. The Labute approximate surface area is 139 Å². The van der Waals surface area contributed by atoms with Crippen LogP contribution >= 0.6 is 0 Å². The number of ether oxygens (including phenoxy) is 1. The zero-order valence-electron chi connectivity index (χ0n) is 15.4. The molecular weight excluding hydrogens is 295 g/mol. The molecule has 1 amide bonds. The normalized spacial score (nSPS) is 24.3. The molecule has 0 saturated carbocycles. The SMILES string of the molecule is CC(C)(C)OC(=O)NN1CC=C(B2OC(C)(C)C(C)(C)O2)CC1. The second-order valence-electron chi connectivity index (χ2n) is 8.18. The molecule has 1 saturated heterocycles. The highest BCUT2D eigenvalue weighted by Gasteiger charge is 2.52. The fraction of sp³-hybridized carbons (Fsp3) is 0.812. The molecule has 0 unspecified atom stereocenters. The van der Waals surface area contributed by atoms with E-state index in [2.05, 4.69) is 11.5 Å². The monoisotopic (exact) mass is 324 g/mol. The zero-order valence-corrected chi connectivity index (χ0v) is 15.4. The minimum atomic E-state index is -0.496. The molecule has 2 heterocycles. The number of hydrogen-bond acceptors (Lipinski definition) is 5. The quantitative estimate of drug-likeness (QED) is 0.792. The van der Waals surface area contributed by atoms with Crippen molar-refractivity contribution in [3.05, 3.63) is 11.5 Å². The summed E-state index contributed by atoms with van der Waals surface area (Å²) in [6.45, 7) is 15.0. The van der Waals surface area contributed by atoms with Crippen LogP contribution in [0, 0.1) is 0 Å². The molecule has 1 N–H and O–H groups in total. The predicted octanol–water partition coefficient (Wildman–Crippen LogP) is 2.69. The Kier molecular flexibility index (Phi) is 4.86. The first kappa shape index (κ1) is 18.3. The maximum atomic E-state index is 11.8. The van der Waals surface area contributed by atoms with Gasteiger partial charge in [-0.2, -0.15) is 0 Å². The maximum Gasteiger partial charge on any atom is 0.490 e. The van der Waals surface area contributed by atoms with Crippen LogP contribution in [0.1, 0.15) is 54.9 Å². The van der Waals surface area contributed by atoms with Gasteiger partial charge in [0.05, 0.1) is 11.2 Å². The van der Waals surface area contributed by atoms with Crippen molar-refractivity contribution >= 4 is 13.2 Å². The van der Waals surface area contributed by atoms with Gasteiger partial charge in [-0.15, -0.1) is 0 Å². The molecule has 6 nitrogen and oxygen atoms in total. The molecule has 0 aromatic rings. The van der Waals surface area contributed by atoms with E-state index in [0.717, 1.165) is 11.9 Å². The van der Waals surface area contributed by atoms with E-state index in [-0.39, 0.29) is 18.3 Å². The number of hydrogen-bond donors (Lipinski definition) is 1. The Morgan fingerprint density at radius 1 is 1.26 bits per heavy atom. The van der Waals surface area contributed by atoms with Crippen molar-refractivity contribution in [2.75, 3.05) is 13.1 Å². The third kappa shape index (κ3) is 4.49. The Hall–Kier alpha value is -1.05. The van der Waals surface area contributed by atoms with E-state index in [0.29, 0.717) is 13.1 Å². The number of nitrogens with zero attached hydrogens (tertiary/aromatic N) is 1. The van der Waals surface area contributed by atoms with E-state index >= 15 is 0 Å². The van der Waals surface area contributed by atoms with Crippen LogP contribution in [0.25, 0.3) is 0 Å². The molecule has 2 aliphatic heterocycles. The lowest BCUT2D eigenvalue weighted by molar-refractivity contribution is 0.00578. The first-order valence-electron chi connectivity index (χ1n) is 8.19. The van der Waals surface area contributed by atoms with Crippen LogP contribution in [-0.2, 0) is 14.0 Å². The highest BCUT2D eigenvalue weighted by atomic mass is 16.7. The van der Waals surface area contributed by atoms with Crippen molar-refractivity contribution in [2.45, 2.75) is 71.7 Å². The summed E-state index contributed by atoms with van der Waals surface area (Å²) in [4.78, 5) is 11.8. The molecule has 23 heavy (non-hydrogen) atoms. The lowest BCUT2D eigenvalue weighted by Gasteiger charge is -2.32. The van der Waals surface area contributed by atoms with Gasteiger partial charge in [-0.1, -0.05) is 6.08 Å². The highest BCUT2D eigenvalue weighted by Crippen LogP contribution is 2.39. The van der Waals surface area contributed by atoms with Crippen LogP contribution in [0.3, 0.4) is 0 Å². The lowest BCUT2D eigenvalue weighted by atomic mass is 9.75. The third-order valence-electron chi connectivity index (χ3n) is 4.45. The van der Waals surface area contributed by atoms with Gasteiger partial charge in [-0.25, -0.2) is 9.80 Å². The van der Waals surface area contributed by atoms with Crippen LogP contribution in [-0.4, -0.2) is 48.1 Å². The summed E-state index contributed by atoms with van der Waals surface area (Å²) < 4.78 is 17.4. The molecule has 7 heteroatoms. The van der Waals surface area contributed by atoms with Crippen molar-refractivity contribution in [2.24, 2.45) is 0 Å². The van der Waals surface area contributed by atoms with Crippen molar-refractivity contribution < 1.29 is 18.8 Å². The third-order valence-corrected chi connectivity index (χ3v) is 4.45. The van der Waals surface area contributed by atoms with Gasteiger partial charge in [0.25, 0.3) is 0 Å². The maximum absolute atomic E-state index is 11.8. The first-order valence-corrected chi connectivity index (χ1v) is 8.19. The Morgan fingerprint density at radius 2 is 1.83 bits per heavy atom. The number of carbonyl (C=O) groups is 1. The van der Waals surface area contributed by atoms with Crippen LogP contribution in [0.2, 0.25) is 0 Å². The summed E-state index contributed by atoms with van der Waals surface area (Å²) in [6.07, 6.45) is 2.42. The Bertz CT molecular complexity index is 481. The topological polar surface area (TPSA) is 60.0 Å². The van der Waals surface area contributed by atoms with E-state index in [1.807, 2.05) is 53.5 Å². The Morgan fingerprint density at radius 3 is 2.26 bits per heavy atom. The van der Waals surface area contributed by atoms with Crippen molar-refractivity contribution in [1.82, 2.24) is 10.4 Å². The minimum absolute atomic E-state index is 0.302. The molecule has 130 valence electrons. The zero-order chi connectivity index (χ0) is 17.5. The van der Waals surface area contributed by atoms with Crippen LogP contribution in [0.5, 0.6) is 0 Å². The molecule has 0 spiro atoms. The van der Waals surface area contributed by atoms with Gasteiger partial charge >= 0.3 is 13.2 Å². The van der Waals surface area contributed by atoms with Gasteiger partial charge in [-0.05, 0) is 60.4 Å². The van der Waals surface area contributed by atoms with Crippen molar-refractivity contribution in [1.29, 1.82) is 0 Å². The van der Waals surface area contributed by atoms with E-state index in [1.165, 1.54) is 0 Å². The summed E-state index contributed by atoms with van der Waals surface area (Å²) in [6, 6.07) is 0.